The van der Waals surface area contributed by atoms with Crippen LogP contribution in [0, 0.1) is 20.8 Å². The summed E-state index contributed by atoms with van der Waals surface area (Å²) in [7, 11) is -4.16. The Labute approximate surface area is 281 Å². The number of amides is 2. The molecule has 242 valence electrons. The van der Waals surface area contributed by atoms with Crippen LogP contribution in [0.4, 0.5) is 5.69 Å². The van der Waals surface area contributed by atoms with E-state index in [1.165, 1.54) is 4.90 Å². The Morgan fingerprint density at radius 3 is 2.09 bits per heavy atom. The van der Waals surface area contributed by atoms with Crippen molar-refractivity contribution < 1.29 is 18.0 Å². The number of carbonyl (C=O) groups excluding carboxylic acids is 2. The lowest BCUT2D eigenvalue weighted by molar-refractivity contribution is -0.140. The lowest BCUT2D eigenvalue weighted by Crippen LogP contribution is -2.54. The summed E-state index contributed by atoms with van der Waals surface area (Å²) >= 11 is 3.47. The number of anilines is 1. The molecule has 0 radical (unpaired) electrons. The summed E-state index contributed by atoms with van der Waals surface area (Å²) in [6.45, 7) is 9.28. The molecule has 7 nitrogen and oxygen atoms in total. The molecule has 0 heterocycles. The number of sulfonamides is 1. The van der Waals surface area contributed by atoms with Gasteiger partial charge in [0.05, 0.1) is 10.6 Å². The van der Waals surface area contributed by atoms with Crippen LogP contribution in [0.5, 0.6) is 0 Å². The maximum atomic E-state index is 14.6. The van der Waals surface area contributed by atoms with E-state index in [1.807, 2.05) is 95.3 Å². The maximum absolute atomic E-state index is 14.6. The first-order valence-corrected chi connectivity index (χ1v) is 17.7. The summed E-state index contributed by atoms with van der Waals surface area (Å²) in [6, 6.07) is 28.0. The van der Waals surface area contributed by atoms with Gasteiger partial charge in [-0.1, -0.05) is 89.1 Å². The summed E-state index contributed by atoms with van der Waals surface area (Å²) < 4.78 is 30.5. The highest BCUT2D eigenvalue weighted by Gasteiger charge is 2.35. The van der Waals surface area contributed by atoms with Crippen LogP contribution in [0.1, 0.15) is 48.1 Å². The molecule has 0 saturated carbocycles. The van der Waals surface area contributed by atoms with E-state index in [0.29, 0.717) is 5.69 Å². The molecule has 2 amide bonds. The van der Waals surface area contributed by atoms with E-state index >= 15 is 0 Å². The summed E-state index contributed by atoms with van der Waals surface area (Å²) in [4.78, 5) is 30.2. The van der Waals surface area contributed by atoms with Crippen LogP contribution in [0.2, 0.25) is 0 Å². The average Bonchev–Trinajstić information content (AvgIpc) is 3.04. The number of benzene rings is 4. The number of nitrogens with one attached hydrogen (secondary N) is 1. The summed E-state index contributed by atoms with van der Waals surface area (Å²) in [5.41, 5.74) is 4.90. The summed E-state index contributed by atoms with van der Waals surface area (Å²) in [6.07, 6.45) is 0.986. The van der Waals surface area contributed by atoms with E-state index in [0.717, 1.165) is 43.0 Å². The highest BCUT2D eigenvalue weighted by atomic mass is 79.9. The van der Waals surface area contributed by atoms with Crippen molar-refractivity contribution in [1.82, 2.24) is 10.2 Å². The van der Waals surface area contributed by atoms with Gasteiger partial charge in [0, 0.05) is 23.5 Å². The van der Waals surface area contributed by atoms with Crippen molar-refractivity contribution >= 4 is 43.5 Å². The summed E-state index contributed by atoms with van der Waals surface area (Å²) in [5, 5.41) is 3.07. The molecule has 4 aromatic carbocycles. The van der Waals surface area contributed by atoms with Gasteiger partial charge in [-0.05, 0) is 92.8 Å². The largest absolute Gasteiger partial charge is 0.352 e. The van der Waals surface area contributed by atoms with E-state index in [2.05, 4.69) is 21.2 Å². The van der Waals surface area contributed by atoms with Crippen LogP contribution in [0.3, 0.4) is 0 Å². The maximum Gasteiger partial charge on any atom is 0.264 e. The topological polar surface area (TPSA) is 86.8 Å². The molecule has 0 aliphatic rings. The van der Waals surface area contributed by atoms with Gasteiger partial charge in [-0.25, -0.2) is 8.42 Å². The van der Waals surface area contributed by atoms with Gasteiger partial charge in [-0.15, -0.1) is 0 Å². The third kappa shape index (κ3) is 8.85. The lowest BCUT2D eigenvalue weighted by atomic mass is 10.0. The van der Waals surface area contributed by atoms with Crippen molar-refractivity contribution in [3.8, 4) is 0 Å². The molecule has 2 atom stereocenters. The van der Waals surface area contributed by atoms with E-state index in [1.54, 1.807) is 36.4 Å². The van der Waals surface area contributed by atoms with Crippen LogP contribution in [-0.4, -0.2) is 43.8 Å². The smallest absolute Gasteiger partial charge is 0.264 e. The van der Waals surface area contributed by atoms with Crippen LogP contribution >= 0.6 is 15.9 Å². The van der Waals surface area contributed by atoms with Gasteiger partial charge in [0.25, 0.3) is 10.0 Å². The minimum absolute atomic E-state index is 0.0823. The van der Waals surface area contributed by atoms with Crippen LogP contribution in [0.15, 0.2) is 106 Å². The molecule has 0 bridgehead atoms. The number of hydrogen-bond donors (Lipinski definition) is 1. The summed E-state index contributed by atoms with van der Waals surface area (Å²) in [5.74, 6) is -0.778. The molecule has 46 heavy (non-hydrogen) atoms. The highest BCUT2D eigenvalue weighted by molar-refractivity contribution is 9.10. The zero-order valence-electron chi connectivity index (χ0n) is 27.0. The van der Waals surface area contributed by atoms with Gasteiger partial charge in [0.15, 0.2) is 0 Å². The molecule has 0 aromatic heterocycles. The molecule has 4 rings (SSSR count). The first kappa shape index (κ1) is 34.9. The van der Waals surface area contributed by atoms with Gasteiger partial charge in [0.2, 0.25) is 11.8 Å². The Bertz CT molecular complexity index is 1740. The number of halogens is 1. The molecule has 0 aliphatic carbocycles. The van der Waals surface area contributed by atoms with Crippen molar-refractivity contribution in [1.29, 1.82) is 0 Å². The predicted octanol–water partition coefficient (Wildman–Crippen LogP) is 7.12. The molecule has 0 saturated heterocycles. The first-order chi connectivity index (χ1) is 21.9. The number of nitrogens with zero attached hydrogens (tertiary/aromatic N) is 2. The normalized spacial score (nSPS) is 12.7. The fourth-order valence-electron chi connectivity index (χ4n) is 5.03. The number of hydrogen-bond acceptors (Lipinski definition) is 4. The van der Waals surface area contributed by atoms with Crippen molar-refractivity contribution in [2.75, 3.05) is 10.8 Å². The number of aryl methyl sites for hydroxylation is 3. The second-order valence-corrected chi connectivity index (χ2v) is 14.5. The van der Waals surface area contributed by atoms with E-state index in [-0.39, 0.29) is 29.8 Å². The Hall–Kier alpha value is -3.95. The Morgan fingerprint density at radius 2 is 1.48 bits per heavy atom. The van der Waals surface area contributed by atoms with E-state index in [9.17, 15) is 18.0 Å². The van der Waals surface area contributed by atoms with Gasteiger partial charge < -0.3 is 10.2 Å². The van der Waals surface area contributed by atoms with Gasteiger partial charge in [0.1, 0.15) is 12.6 Å². The second kappa shape index (κ2) is 15.6. The third-order valence-electron chi connectivity index (χ3n) is 8.20. The Balaban J connectivity index is 1.82. The van der Waals surface area contributed by atoms with Crippen molar-refractivity contribution in [3.63, 3.8) is 0 Å². The van der Waals surface area contributed by atoms with Crippen LogP contribution in [0.25, 0.3) is 0 Å². The minimum Gasteiger partial charge on any atom is -0.352 e. The monoisotopic (exact) mass is 703 g/mol. The lowest BCUT2D eigenvalue weighted by Gasteiger charge is -2.34. The molecular weight excluding hydrogens is 662 g/mol. The number of rotatable bonds is 13. The van der Waals surface area contributed by atoms with Gasteiger partial charge in [-0.3, -0.25) is 13.9 Å². The van der Waals surface area contributed by atoms with Crippen LogP contribution in [-0.2, 0) is 32.6 Å². The predicted molar refractivity (Wildman–Crippen MR) is 188 cm³/mol. The SMILES string of the molecule is CC[C@H](C)NC(=O)[C@H](Cc1ccccc1)N(Cc1ccc(Br)cc1)C(=O)CN(c1ccc(C)c(C)c1)S(=O)(=O)c1ccc(C)cc1. The zero-order chi connectivity index (χ0) is 33.4. The van der Waals surface area contributed by atoms with Crippen molar-refractivity contribution in [2.45, 2.75) is 71.0 Å². The molecule has 4 aromatic rings. The van der Waals surface area contributed by atoms with Gasteiger partial charge in [-0.2, -0.15) is 0 Å². The fraction of sp³-hybridized carbons (Fsp3) is 0.297. The third-order valence-corrected chi connectivity index (χ3v) is 10.5. The highest BCUT2D eigenvalue weighted by Crippen LogP contribution is 2.27. The Morgan fingerprint density at radius 1 is 0.826 bits per heavy atom. The molecule has 1 N–H and O–H groups in total. The zero-order valence-corrected chi connectivity index (χ0v) is 29.4. The second-order valence-electron chi connectivity index (χ2n) is 11.8. The fourth-order valence-corrected chi connectivity index (χ4v) is 6.70. The molecule has 0 fully saturated rings. The Kier molecular flexibility index (Phi) is 11.8. The minimum atomic E-state index is -4.16. The first-order valence-electron chi connectivity index (χ1n) is 15.4. The molecule has 0 unspecified atom stereocenters. The van der Waals surface area contributed by atoms with Crippen molar-refractivity contribution in [2.24, 2.45) is 0 Å². The van der Waals surface area contributed by atoms with Gasteiger partial charge >= 0.3 is 0 Å². The van der Waals surface area contributed by atoms with Crippen LogP contribution < -0.4 is 9.62 Å². The van der Waals surface area contributed by atoms with Crippen molar-refractivity contribution in [3.05, 3.63) is 129 Å². The average molecular weight is 705 g/mol. The number of carbonyl (C=O) groups is 2. The standard InChI is InChI=1S/C37H42BrN3O4S/c1-6-29(5)39-37(43)35(23-30-10-8-7-9-11-30)40(24-31-15-17-32(38)18-16-31)36(42)25-41(33-19-14-27(3)28(4)22-33)46(44,45)34-20-12-26(2)13-21-34/h7-22,29,35H,6,23-25H2,1-5H3,(H,39,43)/t29-,35-/m0/s1. The molecule has 9 heteroatoms. The quantitative estimate of drug-likeness (QED) is 0.161. The molecular formula is C37H42BrN3O4S. The van der Waals surface area contributed by atoms with E-state index in [4.69, 9.17) is 0 Å². The molecule has 0 aliphatic heterocycles. The van der Waals surface area contributed by atoms with E-state index < -0.39 is 28.5 Å². The molecule has 0 spiro atoms.